The molecule has 17 heavy (non-hydrogen) atoms. The Balaban J connectivity index is 1.84. The van der Waals surface area contributed by atoms with E-state index >= 15 is 0 Å². The largest absolute Gasteiger partial charge is 0.469 e. The van der Waals surface area contributed by atoms with Crippen molar-refractivity contribution < 1.29 is 9.15 Å². The molecule has 2 N–H and O–H groups in total. The van der Waals surface area contributed by atoms with Gasteiger partial charge in [-0.2, -0.15) is 0 Å². The van der Waals surface area contributed by atoms with Crippen LogP contribution in [0.25, 0.3) is 0 Å². The molecule has 0 aromatic carbocycles. The number of nitrogens with two attached hydrogens (primary N) is 1. The van der Waals surface area contributed by atoms with Gasteiger partial charge in [-0.05, 0) is 25.1 Å². The first kappa shape index (κ1) is 12.6. The predicted molar refractivity (Wildman–Crippen MR) is 66.9 cm³/mol. The fourth-order valence-corrected chi connectivity index (χ4v) is 2.30. The minimum absolute atomic E-state index is 0.0146. The van der Waals surface area contributed by atoms with Gasteiger partial charge in [0.15, 0.2) is 0 Å². The Labute approximate surface area is 103 Å². The van der Waals surface area contributed by atoms with E-state index < -0.39 is 0 Å². The summed E-state index contributed by atoms with van der Waals surface area (Å²) in [6, 6.07) is 3.88. The van der Waals surface area contributed by atoms with E-state index in [1.165, 1.54) is 6.42 Å². The number of hydrogen-bond acceptors (Lipinski definition) is 4. The van der Waals surface area contributed by atoms with Crippen molar-refractivity contribution in [3.63, 3.8) is 0 Å². The van der Waals surface area contributed by atoms with Crippen LogP contribution in [0.4, 0.5) is 0 Å². The first-order valence-electron chi connectivity index (χ1n) is 6.41. The van der Waals surface area contributed by atoms with E-state index in [4.69, 9.17) is 14.9 Å². The van der Waals surface area contributed by atoms with Crippen LogP contribution in [-0.4, -0.2) is 43.3 Å². The quantitative estimate of drug-likeness (QED) is 0.839. The summed E-state index contributed by atoms with van der Waals surface area (Å²) in [7, 11) is 0. The molecule has 2 unspecified atom stereocenters. The molecule has 1 aliphatic rings. The van der Waals surface area contributed by atoms with E-state index in [0.29, 0.717) is 0 Å². The maximum Gasteiger partial charge on any atom is 0.105 e. The predicted octanol–water partition coefficient (Wildman–Crippen LogP) is 1.26. The molecule has 0 bridgehead atoms. The van der Waals surface area contributed by atoms with E-state index in [-0.39, 0.29) is 12.1 Å². The summed E-state index contributed by atoms with van der Waals surface area (Å²) in [6.45, 7) is 6.09. The van der Waals surface area contributed by atoms with Gasteiger partial charge in [0, 0.05) is 25.6 Å². The maximum atomic E-state index is 6.19. The SMILES string of the molecule is CCCN1CCOC(C(N)Cc2ccco2)C1. The van der Waals surface area contributed by atoms with Gasteiger partial charge in [0.25, 0.3) is 0 Å². The second-order valence-corrected chi connectivity index (χ2v) is 4.66. The number of ether oxygens (including phenoxy) is 1. The molecule has 0 saturated carbocycles. The van der Waals surface area contributed by atoms with Crippen LogP contribution in [0, 0.1) is 0 Å². The van der Waals surface area contributed by atoms with Crippen molar-refractivity contribution in [1.82, 2.24) is 4.90 Å². The van der Waals surface area contributed by atoms with Crippen LogP contribution in [0.5, 0.6) is 0 Å². The van der Waals surface area contributed by atoms with Gasteiger partial charge in [-0.15, -0.1) is 0 Å². The van der Waals surface area contributed by atoms with Crippen molar-refractivity contribution in [3.05, 3.63) is 24.2 Å². The van der Waals surface area contributed by atoms with Gasteiger partial charge >= 0.3 is 0 Å². The average molecular weight is 238 g/mol. The molecule has 1 saturated heterocycles. The molecule has 2 atom stereocenters. The zero-order valence-electron chi connectivity index (χ0n) is 10.5. The molecule has 4 heteroatoms. The van der Waals surface area contributed by atoms with Crippen LogP contribution >= 0.6 is 0 Å². The van der Waals surface area contributed by atoms with Crippen molar-refractivity contribution in [3.8, 4) is 0 Å². The monoisotopic (exact) mass is 238 g/mol. The number of nitrogens with zero attached hydrogens (tertiary/aromatic N) is 1. The highest BCUT2D eigenvalue weighted by Gasteiger charge is 2.25. The molecule has 1 aromatic rings. The Kier molecular flexibility index (Phi) is 4.59. The third kappa shape index (κ3) is 3.56. The Hall–Kier alpha value is -0.840. The van der Waals surface area contributed by atoms with Crippen LogP contribution in [-0.2, 0) is 11.2 Å². The minimum Gasteiger partial charge on any atom is -0.469 e. The highest BCUT2D eigenvalue weighted by atomic mass is 16.5. The van der Waals surface area contributed by atoms with Crippen molar-refractivity contribution >= 4 is 0 Å². The number of furan rings is 1. The van der Waals surface area contributed by atoms with E-state index in [1.54, 1.807) is 6.26 Å². The van der Waals surface area contributed by atoms with Gasteiger partial charge in [-0.1, -0.05) is 6.92 Å². The second kappa shape index (κ2) is 6.19. The van der Waals surface area contributed by atoms with Crippen LogP contribution in [0.1, 0.15) is 19.1 Å². The molecule has 0 amide bonds. The lowest BCUT2D eigenvalue weighted by Gasteiger charge is -2.35. The van der Waals surface area contributed by atoms with E-state index in [1.807, 2.05) is 12.1 Å². The molecular formula is C13H22N2O2. The summed E-state index contributed by atoms with van der Waals surface area (Å²) in [5.41, 5.74) is 6.19. The Morgan fingerprint density at radius 3 is 3.18 bits per heavy atom. The van der Waals surface area contributed by atoms with Gasteiger partial charge in [-0.25, -0.2) is 0 Å². The fraction of sp³-hybridized carbons (Fsp3) is 0.692. The van der Waals surface area contributed by atoms with Gasteiger partial charge in [0.2, 0.25) is 0 Å². The number of rotatable bonds is 5. The molecule has 0 spiro atoms. The highest BCUT2D eigenvalue weighted by molar-refractivity contribution is 5.01. The Morgan fingerprint density at radius 1 is 1.59 bits per heavy atom. The van der Waals surface area contributed by atoms with Crippen molar-refractivity contribution in [2.45, 2.75) is 31.9 Å². The molecule has 1 fully saturated rings. The van der Waals surface area contributed by atoms with Gasteiger partial charge in [0.05, 0.1) is 19.0 Å². The normalized spacial score (nSPS) is 23.8. The summed E-state index contributed by atoms with van der Waals surface area (Å²) >= 11 is 0. The van der Waals surface area contributed by atoms with Crippen molar-refractivity contribution in [2.75, 3.05) is 26.2 Å². The van der Waals surface area contributed by atoms with Crippen LogP contribution in [0.3, 0.4) is 0 Å². The lowest BCUT2D eigenvalue weighted by molar-refractivity contribution is -0.0406. The molecule has 4 nitrogen and oxygen atoms in total. The standard InChI is InChI=1S/C13H22N2O2/c1-2-5-15-6-8-17-13(10-15)12(14)9-11-4-3-7-16-11/h3-4,7,12-13H,2,5-6,8-10,14H2,1H3. The minimum atomic E-state index is 0.0146. The maximum absolute atomic E-state index is 6.19. The Morgan fingerprint density at radius 2 is 2.47 bits per heavy atom. The lowest BCUT2D eigenvalue weighted by Crippen LogP contribution is -2.51. The van der Waals surface area contributed by atoms with E-state index in [2.05, 4.69) is 11.8 Å². The van der Waals surface area contributed by atoms with Gasteiger partial charge < -0.3 is 14.9 Å². The summed E-state index contributed by atoms with van der Waals surface area (Å²) in [5.74, 6) is 0.939. The molecule has 1 aromatic heterocycles. The third-order valence-corrected chi connectivity index (χ3v) is 3.21. The van der Waals surface area contributed by atoms with E-state index in [0.717, 1.165) is 38.4 Å². The van der Waals surface area contributed by atoms with Gasteiger partial charge in [-0.3, -0.25) is 4.90 Å². The van der Waals surface area contributed by atoms with Gasteiger partial charge in [0.1, 0.15) is 5.76 Å². The number of morpholine rings is 1. The highest BCUT2D eigenvalue weighted by Crippen LogP contribution is 2.12. The van der Waals surface area contributed by atoms with Crippen LogP contribution in [0.2, 0.25) is 0 Å². The second-order valence-electron chi connectivity index (χ2n) is 4.66. The zero-order valence-corrected chi connectivity index (χ0v) is 10.5. The fourth-order valence-electron chi connectivity index (χ4n) is 2.30. The van der Waals surface area contributed by atoms with Crippen molar-refractivity contribution in [2.24, 2.45) is 5.73 Å². The lowest BCUT2D eigenvalue weighted by atomic mass is 10.1. The average Bonchev–Trinajstić information content (AvgIpc) is 2.83. The molecule has 0 aliphatic carbocycles. The summed E-state index contributed by atoms with van der Waals surface area (Å²) in [4.78, 5) is 2.43. The first-order valence-corrected chi connectivity index (χ1v) is 6.41. The zero-order chi connectivity index (χ0) is 12.1. The first-order chi connectivity index (χ1) is 8.29. The third-order valence-electron chi connectivity index (χ3n) is 3.21. The Bertz CT molecular complexity index is 311. The smallest absolute Gasteiger partial charge is 0.105 e. The van der Waals surface area contributed by atoms with Crippen molar-refractivity contribution in [1.29, 1.82) is 0 Å². The summed E-state index contributed by atoms with van der Waals surface area (Å²) in [6.07, 6.45) is 3.74. The number of hydrogen-bond donors (Lipinski definition) is 1. The summed E-state index contributed by atoms with van der Waals surface area (Å²) in [5, 5.41) is 0. The van der Waals surface area contributed by atoms with E-state index in [9.17, 15) is 0 Å². The molecule has 2 heterocycles. The molecule has 0 radical (unpaired) electrons. The molecule has 1 aliphatic heterocycles. The molecular weight excluding hydrogens is 216 g/mol. The van der Waals surface area contributed by atoms with Crippen LogP contribution in [0.15, 0.2) is 22.8 Å². The molecule has 96 valence electrons. The summed E-state index contributed by atoms with van der Waals surface area (Å²) < 4.78 is 11.1. The van der Waals surface area contributed by atoms with Crippen LogP contribution < -0.4 is 5.73 Å². The molecule has 2 rings (SSSR count). The topological polar surface area (TPSA) is 51.6 Å².